The van der Waals surface area contributed by atoms with E-state index in [4.69, 9.17) is 16.3 Å². The first-order valence-corrected chi connectivity index (χ1v) is 7.21. The van der Waals surface area contributed by atoms with Crippen LogP contribution >= 0.6 is 11.6 Å². The predicted octanol–water partition coefficient (Wildman–Crippen LogP) is 2.87. The van der Waals surface area contributed by atoms with Gasteiger partial charge in [0.25, 0.3) is 0 Å². The summed E-state index contributed by atoms with van der Waals surface area (Å²) in [5, 5.41) is 3.79. The summed E-state index contributed by atoms with van der Waals surface area (Å²) < 4.78 is 5.41. The molecule has 0 heterocycles. The number of carbonyl (C=O) groups is 1. The predicted molar refractivity (Wildman–Crippen MR) is 74.0 cm³/mol. The summed E-state index contributed by atoms with van der Waals surface area (Å²) in [6.45, 7) is 0.885. The molecule has 2 aliphatic rings. The van der Waals surface area contributed by atoms with Gasteiger partial charge in [-0.15, -0.1) is 0 Å². The number of rotatable bonds is 6. The number of hydrogen-bond donors (Lipinski definition) is 1. The lowest BCUT2D eigenvalue weighted by Gasteiger charge is -2.18. The van der Waals surface area contributed by atoms with Crippen molar-refractivity contribution < 1.29 is 9.53 Å². The Hall–Kier alpha value is -1.06. The summed E-state index contributed by atoms with van der Waals surface area (Å²) in [6.07, 6.45) is 4.44. The Balaban J connectivity index is 1.54. The number of amides is 1. The van der Waals surface area contributed by atoms with E-state index in [9.17, 15) is 4.79 Å². The van der Waals surface area contributed by atoms with Crippen molar-refractivity contribution in [3.63, 3.8) is 0 Å². The number of benzene rings is 1. The summed E-state index contributed by atoms with van der Waals surface area (Å²) in [5.41, 5.74) is 0.890. The first-order valence-electron chi connectivity index (χ1n) is 6.83. The minimum absolute atomic E-state index is 0.0295. The van der Waals surface area contributed by atoms with Gasteiger partial charge in [-0.3, -0.25) is 4.79 Å². The summed E-state index contributed by atoms with van der Waals surface area (Å²) in [5.74, 6) is 0.661. The molecule has 4 heteroatoms. The second-order valence-corrected chi connectivity index (χ2v) is 6.04. The second-order valence-electron chi connectivity index (χ2n) is 5.60. The molecule has 1 amide bonds. The van der Waals surface area contributed by atoms with E-state index in [1.807, 2.05) is 24.3 Å². The van der Waals surface area contributed by atoms with Gasteiger partial charge in [0, 0.05) is 5.02 Å². The van der Waals surface area contributed by atoms with Crippen LogP contribution in [0.2, 0.25) is 5.02 Å². The Kier molecular flexibility index (Phi) is 3.50. The van der Waals surface area contributed by atoms with E-state index >= 15 is 0 Å². The molecule has 0 aliphatic heterocycles. The number of carbonyl (C=O) groups excluding carboxylic acids is 1. The van der Waals surface area contributed by atoms with Crippen LogP contribution in [0.5, 0.6) is 0 Å². The summed E-state index contributed by atoms with van der Waals surface area (Å²) in [6, 6.07) is 7.72. The molecule has 3 nitrogen and oxygen atoms in total. The third-order valence-electron chi connectivity index (χ3n) is 3.79. The Morgan fingerprint density at radius 2 is 2.21 bits per heavy atom. The quantitative estimate of drug-likeness (QED) is 0.870. The highest BCUT2D eigenvalue weighted by Gasteiger charge is 2.45. The maximum atomic E-state index is 11.9. The third kappa shape index (κ3) is 3.28. The van der Waals surface area contributed by atoms with Crippen molar-refractivity contribution >= 4 is 17.5 Å². The molecule has 1 aromatic rings. The SMILES string of the molecule is O=C(COCC1CC1)NC1(c2cccc(Cl)c2)CC1. The van der Waals surface area contributed by atoms with Crippen molar-refractivity contribution in [1.82, 2.24) is 5.32 Å². The van der Waals surface area contributed by atoms with Gasteiger partial charge in [-0.2, -0.15) is 0 Å². The van der Waals surface area contributed by atoms with Crippen molar-refractivity contribution in [2.24, 2.45) is 5.92 Å². The number of nitrogens with one attached hydrogen (secondary N) is 1. The molecular formula is C15H18ClNO2. The molecule has 1 N–H and O–H groups in total. The van der Waals surface area contributed by atoms with Crippen LogP contribution in [0.3, 0.4) is 0 Å². The van der Waals surface area contributed by atoms with Gasteiger partial charge in [-0.1, -0.05) is 23.7 Å². The van der Waals surface area contributed by atoms with Gasteiger partial charge in [0.2, 0.25) is 5.91 Å². The topological polar surface area (TPSA) is 38.3 Å². The van der Waals surface area contributed by atoms with E-state index < -0.39 is 0 Å². The molecule has 2 saturated carbocycles. The van der Waals surface area contributed by atoms with E-state index in [-0.39, 0.29) is 18.1 Å². The smallest absolute Gasteiger partial charge is 0.246 e. The Labute approximate surface area is 118 Å². The minimum atomic E-state index is -0.203. The highest BCUT2D eigenvalue weighted by molar-refractivity contribution is 6.30. The monoisotopic (exact) mass is 279 g/mol. The van der Waals surface area contributed by atoms with Crippen molar-refractivity contribution in [1.29, 1.82) is 0 Å². The minimum Gasteiger partial charge on any atom is -0.371 e. The fourth-order valence-corrected chi connectivity index (χ4v) is 2.49. The fourth-order valence-electron chi connectivity index (χ4n) is 2.30. The molecule has 0 unspecified atom stereocenters. The molecule has 102 valence electrons. The van der Waals surface area contributed by atoms with Crippen LogP contribution in [0, 0.1) is 5.92 Å². The van der Waals surface area contributed by atoms with E-state index in [0.29, 0.717) is 10.9 Å². The van der Waals surface area contributed by atoms with Crippen molar-refractivity contribution in [2.45, 2.75) is 31.2 Å². The van der Waals surface area contributed by atoms with Crippen molar-refractivity contribution in [3.05, 3.63) is 34.9 Å². The standard InChI is InChI=1S/C15H18ClNO2/c16-13-3-1-2-12(8-13)15(6-7-15)17-14(18)10-19-9-11-4-5-11/h1-3,8,11H,4-7,9-10H2,(H,17,18). The zero-order valence-electron chi connectivity index (χ0n) is 10.8. The fraction of sp³-hybridized carbons (Fsp3) is 0.533. The Morgan fingerprint density at radius 1 is 1.42 bits per heavy atom. The average Bonchev–Trinajstić information content (AvgIpc) is 3.25. The van der Waals surface area contributed by atoms with E-state index in [1.165, 1.54) is 12.8 Å². The van der Waals surface area contributed by atoms with Crippen LogP contribution in [0.1, 0.15) is 31.2 Å². The lowest BCUT2D eigenvalue weighted by molar-refractivity contribution is -0.126. The maximum absolute atomic E-state index is 11.9. The van der Waals surface area contributed by atoms with Crippen LogP contribution in [0.4, 0.5) is 0 Å². The molecule has 3 rings (SSSR count). The normalized spacial score (nSPS) is 20.1. The van der Waals surface area contributed by atoms with Gasteiger partial charge in [-0.05, 0) is 49.3 Å². The summed E-state index contributed by atoms with van der Waals surface area (Å²) in [7, 11) is 0. The summed E-state index contributed by atoms with van der Waals surface area (Å²) in [4.78, 5) is 11.9. The zero-order chi connectivity index (χ0) is 13.3. The largest absolute Gasteiger partial charge is 0.371 e. The Morgan fingerprint density at radius 3 is 2.84 bits per heavy atom. The highest BCUT2D eigenvalue weighted by atomic mass is 35.5. The molecule has 0 radical (unpaired) electrons. The van der Waals surface area contributed by atoms with Crippen LogP contribution < -0.4 is 5.32 Å². The van der Waals surface area contributed by atoms with Gasteiger partial charge in [0.1, 0.15) is 6.61 Å². The van der Waals surface area contributed by atoms with E-state index in [1.54, 1.807) is 0 Å². The lowest BCUT2D eigenvalue weighted by Crippen LogP contribution is -2.37. The molecular weight excluding hydrogens is 262 g/mol. The molecule has 19 heavy (non-hydrogen) atoms. The lowest BCUT2D eigenvalue weighted by atomic mass is 10.1. The first kappa shape index (κ1) is 12.9. The van der Waals surface area contributed by atoms with E-state index in [2.05, 4.69) is 5.32 Å². The van der Waals surface area contributed by atoms with Crippen LogP contribution in [0.25, 0.3) is 0 Å². The molecule has 0 bridgehead atoms. The molecule has 2 fully saturated rings. The van der Waals surface area contributed by atoms with Gasteiger partial charge < -0.3 is 10.1 Å². The third-order valence-corrected chi connectivity index (χ3v) is 4.02. The molecule has 2 aliphatic carbocycles. The Bertz CT molecular complexity index is 481. The van der Waals surface area contributed by atoms with Crippen LogP contribution in [-0.2, 0) is 15.1 Å². The molecule has 1 aromatic carbocycles. The van der Waals surface area contributed by atoms with Crippen LogP contribution in [-0.4, -0.2) is 19.1 Å². The molecule has 0 atom stereocenters. The van der Waals surface area contributed by atoms with Crippen molar-refractivity contribution in [2.75, 3.05) is 13.2 Å². The van der Waals surface area contributed by atoms with Crippen LogP contribution in [0.15, 0.2) is 24.3 Å². The number of ether oxygens (including phenoxy) is 1. The van der Waals surface area contributed by atoms with Crippen molar-refractivity contribution in [3.8, 4) is 0 Å². The molecule has 0 spiro atoms. The molecule has 0 aromatic heterocycles. The number of halogens is 1. The summed E-state index contributed by atoms with van der Waals surface area (Å²) >= 11 is 6.00. The average molecular weight is 280 g/mol. The second kappa shape index (κ2) is 5.14. The highest BCUT2D eigenvalue weighted by Crippen LogP contribution is 2.45. The van der Waals surface area contributed by atoms with Gasteiger partial charge in [0.05, 0.1) is 12.1 Å². The number of hydrogen-bond acceptors (Lipinski definition) is 2. The van der Waals surface area contributed by atoms with E-state index in [0.717, 1.165) is 25.0 Å². The maximum Gasteiger partial charge on any atom is 0.246 e. The van der Waals surface area contributed by atoms with Gasteiger partial charge in [-0.25, -0.2) is 0 Å². The molecule has 0 saturated heterocycles. The zero-order valence-corrected chi connectivity index (χ0v) is 11.6. The van der Waals surface area contributed by atoms with Gasteiger partial charge in [0.15, 0.2) is 0 Å². The van der Waals surface area contributed by atoms with Gasteiger partial charge >= 0.3 is 0 Å². The first-order chi connectivity index (χ1) is 9.18.